The molecule has 10 heteroatoms. The van der Waals surface area contributed by atoms with Gasteiger partial charge < -0.3 is 20.3 Å². The maximum atomic E-state index is 12.8. The highest BCUT2D eigenvalue weighted by Gasteiger charge is 2.31. The number of hydrogen-bond acceptors (Lipinski definition) is 9. The molecule has 34 heavy (non-hydrogen) atoms. The zero-order valence-corrected chi connectivity index (χ0v) is 20.4. The number of primary amides is 1. The van der Waals surface area contributed by atoms with Gasteiger partial charge in [0.25, 0.3) is 5.91 Å². The molecule has 0 fully saturated rings. The van der Waals surface area contributed by atoms with Gasteiger partial charge in [-0.05, 0) is 44.0 Å². The van der Waals surface area contributed by atoms with Gasteiger partial charge in [0.05, 0.1) is 22.7 Å². The fourth-order valence-corrected chi connectivity index (χ4v) is 4.69. The highest BCUT2D eigenvalue weighted by Crippen LogP contribution is 2.40. The van der Waals surface area contributed by atoms with E-state index in [0.29, 0.717) is 16.4 Å². The average molecular weight is 480 g/mol. The Labute approximate surface area is 202 Å². The molecule has 1 aliphatic rings. The van der Waals surface area contributed by atoms with Crippen molar-refractivity contribution < 1.29 is 19.1 Å². The quantitative estimate of drug-likeness (QED) is 0.276. The van der Waals surface area contributed by atoms with Gasteiger partial charge in [0.15, 0.2) is 6.61 Å². The monoisotopic (exact) mass is 479 g/mol. The molecule has 0 bridgehead atoms. The third-order valence-corrected chi connectivity index (χ3v) is 6.70. The maximum Gasteiger partial charge on any atom is 0.316 e. The van der Waals surface area contributed by atoms with Crippen LogP contribution in [0.15, 0.2) is 40.7 Å². The second-order valence-electron chi connectivity index (χ2n) is 7.78. The number of ketones is 1. The SMILES string of the molecule is Cc1nc(SCC(=O)OCC(=O)C(C#N)=C2N(C)c3ccccc3N2C)c(C(N)=O)c(C)c1C. The van der Waals surface area contributed by atoms with Crippen LogP contribution in [0.5, 0.6) is 0 Å². The summed E-state index contributed by atoms with van der Waals surface area (Å²) >= 11 is 1.01. The van der Waals surface area contributed by atoms with Crippen molar-refractivity contribution in [3.63, 3.8) is 0 Å². The van der Waals surface area contributed by atoms with Gasteiger partial charge in [-0.15, -0.1) is 0 Å². The lowest BCUT2D eigenvalue weighted by Gasteiger charge is -2.19. The summed E-state index contributed by atoms with van der Waals surface area (Å²) in [7, 11) is 3.53. The first-order valence-corrected chi connectivity index (χ1v) is 11.4. The fraction of sp³-hybridized carbons (Fsp3) is 0.292. The molecule has 0 saturated carbocycles. The molecule has 176 valence electrons. The minimum absolute atomic E-state index is 0.107. The summed E-state index contributed by atoms with van der Waals surface area (Å²) in [5, 5.41) is 10.0. The lowest BCUT2D eigenvalue weighted by molar-refractivity contribution is -0.144. The van der Waals surface area contributed by atoms with E-state index in [1.54, 1.807) is 37.7 Å². The van der Waals surface area contributed by atoms with Gasteiger partial charge in [0, 0.05) is 19.8 Å². The highest BCUT2D eigenvalue weighted by molar-refractivity contribution is 8.00. The predicted molar refractivity (Wildman–Crippen MR) is 130 cm³/mol. The number of carbonyl (C=O) groups is 3. The number of carbonyl (C=O) groups excluding carboxylic acids is 3. The maximum absolute atomic E-state index is 12.8. The first-order chi connectivity index (χ1) is 16.1. The van der Waals surface area contributed by atoms with Gasteiger partial charge in [0.2, 0.25) is 5.78 Å². The number of anilines is 2. The number of esters is 1. The summed E-state index contributed by atoms with van der Waals surface area (Å²) < 4.78 is 5.12. The number of nitrogens with zero attached hydrogens (tertiary/aromatic N) is 4. The van der Waals surface area contributed by atoms with Crippen molar-refractivity contribution in [1.29, 1.82) is 5.26 Å². The lowest BCUT2D eigenvalue weighted by atomic mass is 10.0. The zero-order valence-electron chi connectivity index (χ0n) is 19.6. The van der Waals surface area contributed by atoms with E-state index in [-0.39, 0.29) is 16.9 Å². The van der Waals surface area contributed by atoms with E-state index in [4.69, 9.17) is 10.5 Å². The molecule has 0 radical (unpaired) electrons. The molecule has 0 spiro atoms. The number of hydrogen-bond donors (Lipinski definition) is 1. The lowest BCUT2D eigenvalue weighted by Crippen LogP contribution is -2.28. The van der Waals surface area contributed by atoms with Crippen molar-refractivity contribution in [3.8, 4) is 6.07 Å². The first kappa shape index (κ1) is 24.8. The Kier molecular flexibility index (Phi) is 7.27. The molecule has 2 heterocycles. The van der Waals surface area contributed by atoms with E-state index in [0.717, 1.165) is 34.4 Å². The Morgan fingerprint density at radius 2 is 1.68 bits per heavy atom. The molecule has 0 atom stereocenters. The number of thioether (sulfide) groups is 1. The van der Waals surface area contributed by atoms with Crippen LogP contribution in [0.1, 0.15) is 27.2 Å². The summed E-state index contributed by atoms with van der Waals surface area (Å²) in [6.45, 7) is 4.85. The van der Waals surface area contributed by atoms with E-state index in [9.17, 15) is 19.6 Å². The third-order valence-electron chi connectivity index (χ3n) is 5.75. The number of nitrogens with two attached hydrogens (primary N) is 1. The summed E-state index contributed by atoms with van der Waals surface area (Å²) in [6.07, 6.45) is 0. The molecule has 3 rings (SSSR count). The normalized spacial score (nSPS) is 12.3. The van der Waals surface area contributed by atoms with E-state index in [1.807, 2.05) is 37.3 Å². The van der Waals surface area contributed by atoms with Gasteiger partial charge in [-0.3, -0.25) is 14.4 Å². The fourth-order valence-electron chi connectivity index (χ4n) is 3.75. The van der Waals surface area contributed by atoms with Gasteiger partial charge >= 0.3 is 5.97 Å². The van der Waals surface area contributed by atoms with E-state index in [1.165, 1.54) is 0 Å². The number of rotatable bonds is 7. The van der Waals surface area contributed by atoms with Crippen LogP contribution in [0.2, 0.25) is 0 Å². The summed E-state index contributed by atoms with van der Waals surface area (Å²) in [6, 6.07) is 9.46. The standard InChI is InChI=1S/C24H25N5O4S/c1-13-14(2)21(22(26)32)23(27-15(13)3)34-12-20(31)33-11-19(30)16(10-25)24-28(4)17-8-6-7-9-18(17)29(24)5/h6-9H,11-12H2,1-5H3,(H2,26,32). The summed E-state index contributed by atoms with van der Waals surface area (Å²) in [5.41, 5.74) is 9.67. The molecule has 1 aliphatic heterocycles. The van der Waals surface area contributed by atoms with Crippen LogP contribution in [0, 0.1) is 32.1 Å². The molecule has 9 nitrogen and oxygen atoms in total. The number of amides is 1. The Balaban J connectivity index is 1.69. The first-order valence-electron chi connectivity index (χ1n) is 10.4. The number of aromatic nitrogens is 1. The molecule has 0 unspecified atom stereocenters. The second kappa shape index (κ2) is 9.97. The van der Waals surface area contributed by atoms with Crippen LogP contribution >= 0.6 is 11.8 Å². The number of Topliss-reactive ketones (excluding diaryl/α,β-unsaturated/α-hetero) is 1. The Bertz CT molecular complexity index is 1230. The van der Waals surface area contributed by atoms with Gasteiger partial charge in [-0.2, -0.15) is 5.26 Å². The Morgan fingerprint density at radius 1 is 1.09 bits per heavy atom. The number of aryl methyl sites for hydroxylation is 1. The van der Waals surface area contributed by atoms with Gasteiger partial charge in [-0.1, -0.05) is 23.9 Å². The minimum atomic E-state index is -0.676. The number of benzene rings is 1. The number of nitriles is 1. The van der Waals surface area contributed by atoms with Crippen molar-refractivity contribution in [2.24, 2.45) is 5.73 Å². The molecule has 1 aromatic heterocycles. The van der Waals surface area contributed by atoms with Crippen LogP contribution in [-0.4, -0.2) is 49.1 Å². The molecular formula is C24H25N5O4S. The van der Waals surface area contributed by atoms with E-state index in [2.05, 4.69) is 4.98 Å². The Hall–Kier alpha value is -3.84. The molecule has 0 saturated heterocycles. The molecule has 1 aromatic carbocycles. The van der Waals surface area contributed by atoms with Gasteiger partial charge in [0.1, 0.15) is 22.5 Å². The highest BCUT2D eigenvalue weighted by atomic mass is 32.2. The van der Waals surface area contributed by atoms with E-state index >= 15 is 0 Å². The van der Waals surface area contributed by atoms with Crippen molar-refractivity contribution in [1.82, 2.24) is 4.98 Å². The van der Waals surface area contributed by atoms with Crippen LogP contribution in [0.3, 0.4) is 0 Å². The Morgan fingerprint density at radius 3 is 2.21 bits per heavy atom. The average Bonchev–Trinajstić information content (AvgIpc) is 3.05. The molecular weight excluding hydrogens is 454 g/mol. The predicted octanol–water partition coefficient (Wildman–Crippen LogP) is 2.63. The summed E-state index contributed by atoms with van der Waals surface area (Å²) in [5.74, 6) is -1.67. The van der Waals surface area contributed by atoms with Crippen molar-refractivity contribution >= 4 is 40.8 Å². The van der Waals surface area contributed by atoms with Crippen LogP contribution in [0.25, 0.3) is 0 Å². The van der Waals surface area contributed by atoms with Crippen molar-refractivity contribution in [2.75, 3.05) is 36.3 Å². The number of para-hydroxylation sites is 2. The topological polar surface area (TPSA) is 130 Å². The van der Waals surface area contributed by atoms with Crippen LogP contribution in [-0.2, 0) is 14.3 Å². The third kappa shape index (κ3) is 4.61. The summed E-state index contributed by atoms with van der Waals surface area (Å²) in [4.78, 5) is 44.9. The van der Waals surface area contributed by atoms with Gasteiger partial charge in [-0.25, -0.2) is 4.98 Å². The molecule has 2 aromatic rings. The number of ether oxygens (including phenoxy) is 1. The largest absolute Gasteiger partial charge is 0.457 e. The molecule has 0 aliphatic carbocycles. The van der Waals surface area contributed by atoms with Crippen LogP contribution in [0.4, 0.5) is 11.4 Å². The molecule has 1 amide bonds. The van der Waals surface area contributed by atoms with Crippen LogP contribution < -0.4 is 15.5 Å². The minimum Gasteiger partial charge on any atom is -0.457 e. The molecule has 2 N–H and O–H groups in total. The number of pyridine rings is 1. The smallest absolute Gasteiger partial charge is 0.316 e. The van der Waals surface area contributed by atoms with E-state index < -0.39 is 24.3 Å². The zero-order chi connectivity index (χ0) is 25.2. The van der Waals surface area contributed by atoms with Crippen molar-refractivity contribution in [2.45, 2.75) is 25.8 Å². The van der Waals surface area contributed by atoms with Crippen molar-refractivity contribution in [3.05, 3.63) is 58.0 Å². The second-order valence-corrected chi connectivity index (χ2v) is 8.75. The number of fused-ring (bicyclic) bond motifs is 1.